The lowest BCUT2D eigenvalue weighted by atomic mass is 9.96. The fourth-order valence-electron chi connectivity index (χ4n) is 13.9. The normalized spacial score (nSPS) is 20.9. The maximum absolute atomic E-state index is 16.3. The van der Waals surface area contributed by atoms with Crippen LogP contribution in [0.4, 0.5) is 30.8 Å². The highest BCUT2D eigenvalue weighted by Crippen LogP contribution is 2.41. The third kappa shape index (κ3) is 14.4. The molecule has 472 valence electrons. The predicted molar refractivity (Wildman–Crippen MR) is 336 cm³/mol. The van der Waals surface area contributed by atoms with Crippen LogP contribution in [-0.4, -0.2) is 213 Å². The van der Waals surface area contributed by atoms with Gasteiger partial charge in [-0.15, -0.1) is 6.42 Å². The maximum Gasteiger partial charge on any atom is 0.410 e. The minimum absolute atomic E-state index is 0.00116. The number of piperazine rings is 2. The van der Waals surface area contributed by atoms with Crippen molar-refractivity contribution in [3.63, 3.8) is 0 Å². The number of pyridine rings is 1. The molecule has 6 aliphatic heterocycles. The molecular weight excluding hydrogens is 1130 g/mol. The van der Waals surface area contributed by atoms with Crippen molar-refractivity contribution < 1.29 is 47.0 Å². The summed E-state index contributed by atoms with van der Waals surface area (Å²) in [5.41, 5.74) is 2.47. The van der Waals surface area contributed by atoms with Gasteiger partial charge in [0.1, 0.15) is 40.8 Å². The monoisotopic (exact) mass is 1210 g/mol. The number of rotatable bonds is 17. The fourth-order valence-corrected chi connectivity index (χ4v) is 13.9. The topological polar surface area (TPSA) is 190 Å². The van der Waals surface area contributed by atoms with Gasteiger partial charge in [0.05, 0.1) is 48.1 Å². The van der Waals surface area contributed by atoms with Crippen LogP contribution in [0.5, 0.6) is 6.01 Å². The highest BCUT2D eigenvalue weighted by Gasteiger charge is 2.45. The largest absolute Gasteiger partial charge is 0.467 e. The summed E-state index contributed by atoms with van der Waals surface area (Å²) in [6.07, 6.45) is 19.1. The number of carbonyl (C=O) groups excluding carboxylic acids is 5. The van der Waals surface area contributed by atoms with E-state index in [-0.39, 0.29) is 59.7 Å². The number of aromatic nitrogens is 3. The molecule has 4 amide bonds. The van der Waals surface area contributed by atoms with Crippen LogP contribution < -0.4 is 24.8 Å². The summed E-state index contributed by atoms with van der Waals surface area (Å²) >= 11 is 0. The molecule has 6 aliphatic rings. The van der Waals surface area contributed by atoms with E-state index in [2.05, 4.69) is 47.0 Å². The zero-order chi connectivity index (χ0) is 62.8. The number of halogens is 2. The second-order valence-electron chi connectivity index (χ2n) is 24.8. The third-order valence-electron chi connectivity index (χ3n) is 18.0. The van der Waals surface area contributed by atoms with E-state index in [0.29, 0.717) is 58.8 Å². The lowest BCUT2D eigenvalue weighted by molar-refractivity contribution is -0.123. The van der Waals surface area contributed by atoms with E-state index in [1.807, 2.05) is 73.7 Å². The summed E-state index contributed by atoms with van der Waals surface area (Å²) in [5, 5.41) is 4.09. The number of likely N-dealkylation sites (N-methyl/N-ethyl adjacent to an activating group) is 1. The van der Waals surface area contributed by atoms with Gasteiger partial charge in [-0.3, -0.25) is 39.0 Å². The number of amides is 4. The van der Waals surface area contributed by atoms with Gasteiger partial charge < -0.3 is 43.9 Å². The molecule has 1 N–H and O–H groups in total. The Labute approximate surface area is 515 Å². The summed E-state index contributed by atoms with van der Waals surface area (Å²) in [6, 6.07) is 15.2. The average Bonchev–Trinajstić information content (AvgIpc) is 2.32. The molecule has 8 heterocycles. The van der Waals surface area contributed by atoms with Crippen LogP contribution in [0.15, 0.2) is 54.7 Å². The number of methoxy groups -OCH3 is 2. The molecule has 22 heteroatoms. The van der Waals surface area contributed by atoms with Crippen molar-refractivity contribution in [3.05, 3.63) is 77.5 Å². The number of terminal acetylenes is 1. The van der Waals surface area contributed by atoms with E-state index in [1.165, 1.54) is 63.5 Å². The number of nitrogens with zero attached hydrogens (tertiary/aromatic N) is 11. The SMILES string of the molecule is C#Cc1c(F)ccc2cccc(-c3ncc4c(N5CC6CCC(C5)N6C(=O)OC(C)(C)C)nc(OC)nc4c3F)c12.CNC(=O)C(CCC=O)N(C=O)c1cccc(CN2CCC(N3CCN(C=O)CC3)CC2)c1N(C)C.COCC1CCC2CCCN21. The number of nitrogens with one attached hydrogen (secondary N) is 1. The molecule has 6 saturated heterocycles. The van der Waals surface area contributed by atoms with Gasteiger partial charge in [-0.1, -0.05) is 42.3 Å². The van der Waals surface area contributed by atoms with Gasteiger partial charge >= 0.3 is 12.1 Å². The van der Waals surface area contributed by atoms with E-state index in [9.17, 15) is 28.4 Å². The first kappa shape index (κ1) is 64.9. The van der Waals surface area contributed by atoms with E-state index in [1.54, 1.807) is 24.3 Å². The molecule has 5 aromatic rings. The number of para-hydroxylation sites is 1. The fraction of sp³-hybridized carbons (Fsp3) is 0.545. The average molecular weight is 1210 g/mol. The lowest BCUT2D eigenvalue weighted by Gasteiger charge is -2.42. The number of hydrogen-bond acceptors (Lipinski definition) is 16. The minimum Gasteiger partial charge on any atom is -0.467 e. The predicted octanol–water partition coefficient (Wildman–Crippen LogP) is 7.51. The molecule has 0 aliphatic carbocycles. The summed E-state index contributed by atoms with van der Waals surface area (Å²) < 4.78 is 47.2. The van der Waals surface area contributed by atoms with Gasteiger partial charge in [0.25, 0.3) is 0 Å². The highest BCUT2D eigenvalue weighted by molar-refractivity contribution is 6.02. The van der Waals surface area contributed by atoms with E-state index < -0.39 is 23.3 Å². The Bertz CT molecular complexity index is 3310. The zero-order valence-electron chi connectivity index (χ0n) is 52.3. The molecule has 5 unspecified atom stereocenters. The Kier molecular flexibility index (Phi) is 21.5. The molecule has 0 saturated carbocycles. The first-order valence-electron chi connectivity index (χ1n) is 30.9. The number of hydrogen-bond donors (Lipinski definition) is 1. The van der Waals surface area contributed by atoms with Crippen LogP contribution in [-0.2, 0) is 35.2 Å². The van der Waals surface area contributed by atoms with Crippen molar-refractivity contribution in [1.82, 2.24) is 44.8 Å². The smallest absolute Gasteiger partial charge is 0.410 e. The summed E-state index contributed by atoms with van der Waals surface area (Å²) in [7, 11) is 8.65. The van der Waals surface area contributed by atoms with Crippen LogP contribution in [0.2, 0.25) is 0 Å². The number of ether oxygens (including phenoxy) is 3. The number of anilines is 3. The van der Waals surface area contributed by atoms with Gasteiger partial charge in [-0.05, 0) is 121 Å². The van der Waals surface area contributed by atoms with Crippen molar-refractivity contribution in [3.8, 4) is 29.6 Å². The van der Waals surface area contributed by atoms with E-state index in [0.717, 1.165) is 114 Å². The molecule has 6 fully saturated rings. The number of carbonyl (C=O) groups is 5. The van der Waals surface area contributed by atoms with Gasteiger partial charge in [0.2, 0.25) is 18.7 Å². The first-order chi connectivity index (χ1) is 42.4. The number of likely N-dealkylation sites (tertiary alicyclic amines) is 1. The zero-order valence-corrected chi connectivity index (χ0v) is 52.3. The van der Waals surface area contributed by atoms with Crippen LogP contribution in [0, 0.1) is 24.0 Å². The molecule has 2 aromatic heterocycles. The molecular formula is C66H86F2N12O8. The summed E-state index contributed by atoms with van der Waals surface area (Å²) in [5.74, 6) is 1.31. The summed E-state index contributed by atoms with van der Waals surface area (Å²) in [6.45, 7) is 15.0. The number of aldehydes is 1. The number of fused-ring (bicyclic) bond motifs is 5. The minimum atomic E-state index is -0.762. The molecule has 20 nitrogen and oxygen atoms in total. The van der Waals surface area contributed by atoms with Crippen LogP contribution in [0.1, 0.15) is 96.1 Å². The van der Waals surface area contributed by atoms with Crippen LogP contribution >= 0.6 is 0 Å². The van der Waals surface area contributed by atoms with Gasteiger partial charge in [-0.2, -0.15) is 9.97 Å². The lowest BCUT2D eigenvalue weighted by Crippen LogP contribution is -2.57. The standard InChI is InChI=1S/C31H29F2N5O3.C26H40N6O4.C9H17NO/c1-6-20-23(32)13-10-17-8-7-9-21(24(17)20)26-25(33)27-22(14-34-26)28(36-29(35-27)40-5)37-15-18-11-12-19(16-37)38(18)30(39)41-31(2,3)4;1-27-26(36)24(8-5-17-33)32(20-35)23-7-4-6-21(25(23)28(2)3)18-29-11-9-22(10-12-29)31-15-13-30(19-34)14-16-31;1-11-7-9-5-4-8-3-2-6-10(8)9/h1,7-10,13-14,18-19H,11-12,15-16H2,2-5H3;4,6-7,17,19-20,22,24H,5,8-16,18H2,1-3H3,(H,27,36);8-9H,2-7H2,1H3. The molecule has 3 aromatic carbocycles. The number of piperidine rings is 1. The Hall–Kier alpha value is -7.58. The maximum atomic E-state index is 16.3. The molecule has 2 bridgehead atoms. The molecule has 11 rings (SSSR count). The van der Waals surface area contributed by atoms with Gasteiger partial charge in [0, 0.05) is 116 Å². The molecule has 0 spiro atoms. The van der Waals surface area contributed by atoms with Crippen molar-refractivity contribution in [2.45, 2.75) is 133 Å². The van der Waals surface area contributed by atoms with Gasteiger partial charge in [-0.25, -0.2) is 13.6 Å². The van der Waals surface area contributed by atoms with E-state index >= 15 is 4.39 Å². The molecule has 0 radical (unpaired) electrons. The van der Waals surface area contributed by atoms with Crippen molar-refractivity contribution in [2.24, 2.45) is 0 Å². The Morgan fingerprint density at radius 1 is 0.864 bits per heavy atom. The Morgan fingerprint density at radius 2 is 1.58 bits per heavy atom. The van der Waals surface area contributed by atoms with Crippen molar-refractivity contribution >= 4 is 70.0 Å². The summed E-state index contributed by atoms with van der Waals surface area (Å²) in [4.78, 5) is 89.9. The second kappa shape index (κ2) is 29.2. The Balaban J connectivity index is 0.000000179. The highest BCUT2D eigenvalue weighted by atomic mass is 19.1. The van der Waals surface area contributed by atoms with Gasteiger partial charge in [0.15, 0.2) is 5.82 Å². The van der Waals surface area contributed by atoms with Crippen LogP contribution in [0.25, 0.3) is 32.9 Å². The quantitative estimate of drug-likeness (QED) is 0.0711. The van der Waals surface area contributed by atoms with Crippen molar-refractivity contribution in [1.29, 1.82) is 0 Å². The molecule has 5 atom stereocenters. The molecule has 88 heavy (non-hydrogen) atoms. The second-order valence-corrected chi connectivity index (χ2v) is 24.8. The van der Waals surface area contributed by atoms with Crippen molar-refractivity contribution in [2.75, 3.05) is 116 Å². The number of benzene rings is 3. The van der Waals surface area contributed by atoms with E-state index in [4.69, 9.17) is 20.6 Å². The first-order valence-corrected chi connectivity index (χ1v) is 30.9. The Morgan fingerprint density at radius 3 is 2.22 bits per heavy atom. The third-order valence-corrected chi connectivity index (χ3v) is 18.0. The van der Waals surface area contributed by atoms with Crippen LogP contribution in [0.3, 0.4) is 0 Å².